The summed E-state index contributed by atoms with van der Waals surface area (Å²) in [4.78, 5) is 28.1. The minimum Gasteiger partial charge on any atom is -0.308 e. The molecule has 3 aromatic rings. The van der Waals surface area contributed by atoms with Gasteiger partial charge in [0.05, 0.1) is 32.1 Å². The van der Waals surface area contributed by atoms with Gasteiger partial charge in [-0.2, -0.15) is 0 Å². The number of amides is 2. The van der Waals surface area contributed by atoms with Gasteiger partial charge in [-0.15, -0.1) is 0 Å². The minimum absolute atomic E-state index is 0.0301. The highest BCUT2D eigenvalue weighted by molar-refractivity contribution is 6.30. The molecule has 0 saturated carbocycles. The van der Waals surface area contributed by atoms with Crippen LogP contribution in [0.15, 0.2) is 66.7 Å². The van der Waals surface area contributed by atoms with Crippen LogP contribution in [0.25, 0.3) is 0 Å². The number of carbonyl (C=O) groups excluding carboxylic acids is 2. The predicted molar refractivity (Wildman–Crippen MR) is 135 cm³/mol. The van der Waals surface area contributed by atoms with Crippen LogP contribution in [0.2, 0.25) is 5.02 Å². The highest BCUT2D eigenvalue weighted by atomic mass is 35.5. The van der Waals surface area contributed by atoms with Crippen LogP contribution < -0.4 is 10.2 Å². The van der Waals surface area contributed by atoms with Gasteiger partial charge in [0, 0.05) is 28.3 Å². The van der Waals surface area contributed by atoms with E-state index < -0.39 is 0 Å². The number of rotatable bonds is 4. The monoisotopic (exact) mass is 492 g/mol. The van der Waals surface area contributed by atoms with E-state index in [1.807, 2.05) is 17.0 Å². The molecular weight excluding hydrogens is 465 g/mol. The molecule has 5 nitrogen and oxygen atoms in total. The number of quaternary nitrogens is 1. The molecule has 0 bridgehead atoms. The third-order valence-electron chi connectivity index (χ3n) is 7.28. The summed E-state index contributed by atoms with van der Waals surface area (Å²) in [5.74, 6) is -0.433. The molecule has 35 heavy (non-hydrogen) atoms. The molecule has 7 heteroatoms. The van der Waals surface area contributed by atoms with Crippen LogP contribution in [-0.4, -0.2) is 49.1 Å². The number of fused-ring (bicyclic) bond motifs is 3. The molecule has 0 aromatic heterocycles. The number of anilines is 1. The second kappa shape index (κ2) is 9.10. The first-order valence-corrected chi connectivity index (χ1v) is 12.2. The first-order valence-electron chi connectivity index (χ1n) is 11.8. The number of nitrogens with zero attached hydrogens (tertiary/aromatic N) is 2. The number of halogens is 2. The molecule has 2 aliphatic heterocycles. The SMILES string of the molecule is Cc1ccc2c(c1)C1C[N+](C)(CNC(=O)c3ccc(Cl)cc3)CCC1N2C(=O)c1ccc(F)cc1. The Hall–Kier alpha value is -3.22. The highest BCUT2D eigenvalue weighted by Gasteiger charge is 2.49. The maximum Gasteiger partial charge on any atom is 0.258 e. The third-order valence-corrected chi connectivity index (χ3v) is 7.53. The van der Waals surface area contributed by atoms with Crippen LogP contribution in [0, 0.1) is 12.7 Å². The lowest BCUT2D eigenvalue weighted by Gasteiger charge is -2.44. The standard InChI is InChI=1S/C28H27ClFN3O2/c1-18-3-12-25-23(15-18)24-16-33(2,17-31-27(34)19-4-8-21(29)9-5-19)14-13-26(24)32(25)28(35)20-6-10-22(30)11-7-20/h3-12,15,24,26H,13-14,16-17H2,1-2H3/p+1. The number of piperidine rings is 1. The first kappa shape index (κ1) is 23.5. The zero-order valence-electron chi connectivity index (χ0n) is 19.8. The molecule has 2 amide bonds. The average molecular weight is 493 g/mol. The molecule has 3 unspecified atom stereocenters. The second-order valence-electron chi connectivity index (χ2n) is 9.90. The molecule has 1 fully saturated rings. The van der Waals surface area contributed by atoms with Crippen LogP contribution in [0.4, 0.5) is 10.1 Å². The van der Waals surface area contributed by atoms with Crippen molar-refractivity contribution in [2.24, 2.45) is 0 Å². The van der Waals surface area contributed by atoms with E-state index >= 15 is 0 Å². The Morgan fingerprint density at radius 3 is 2.46 bits per heavy atom. The topological polar surface area (TPSA) is 49.4 Å². The zero-order valence-corrected chi connectivity index (χ0v) is 20.6. The van der Waals surface area contributed by atoms with E-state index in [4.69, 9.17) is 11.6 Å². The first-order chi connectivity index (χ1) is 16.7. The lowest BCUT2D eigenvalue weighted by atomic mass is 9.87. The zero-order chi connectivity index (χ0) is 24.7. The van der Waals surface area contributed by atoms with Crippen molar-refractivity contribution in [3.05, 3.63) is 99.8 Å². The Morgan fingerprint density at radius 2 is 1.74 bits per heavy atom. The smallest absolute Gasteiger partial charge is 0.258 e. The molecule has 0 spiro atoms. The number of aryl methyl sites for hydroxylation is 1. The summed E-state index contributed by atoms with van der Waals surface area (Å²) in [6.07, 6.45) is 0.804. The van der Waals surface area contributed by atoms with Crippen molar-refractivity contribution >= 4 is 29.1 Å². The Labute approximate surface area is 209 Å². The van der Waals surface area contributed by atoms with Crippen molar-refractivity contribution in [2.45, 2.75) is 25.3 Å². The number of hydrogen-bond donors (Lipinski definition) is 1. The number of benzene rings is 3. The van der Waals surface area contributed by atoms with Gasteiger partial charge in [-0.1, -0.05) is 29.3 Å². The number of likely N-dealkylation sites (N-methyl/N-ethyl adjacent to an activating group) is 1. The minimum atomic E-state index is -0.358. The summed E-state index contributed by atoms with van der Waals surface area (Å²) in [5, 5.41) is 3.68. The summed E-state index contributed by atoms with van der Waals surface area (Å²) in [6, 6.07) is 18.9. The predicted octanol–water partition coefficient (Wildman–Crippen LogP) is 5.14. The third kappa shape index (κ3) is 4.56. The average Bonchev–Trinajstić information content (AvgIpc) is 3.15. The fraction of sp³-hybridized carbons (Fsp3) is 0.286. The summed E-state index contributed by atoms with van der Waals surface area (Å²) >= 11 is 5.94. The van der Waals surface area contributed by atoms with Crippen molar-refractivity contribution in [2.75, 3.05) is 31.7 Å². The van der Waals surface area contributed by atoms with Crippen LogP contribution in [-0.2, 0) is 0 Å². The summed E-state index contributed by atoms with van der Waals surface area (Å²) < 4.78 is 14.1. The number of carbonyl (C=O) groups is 2. The molecule has 180 valence electrons. The molecule has 1 N–H and O–H groups in total. The number of hydrogen-bond acceptors (Lipinski definition) is 2. The largest absolute Gasteiger partial charge is 0.308 e. The van der Waals surface area contributed by atoms with Crippen molar-refractivity contribution in [3.8, 4) is 0 Å². The Kier molecular flexibility index (Phi) is 6.11. The highest BCUT2D eigenvalue weighted by Crippen LogP contribution is 2.46. The van der Waals surface area contributed by atoms with Gasteiger partial charge in [-0.3, -0.25) is 9.59 Å². The molecule has 2 aliphatic rings. The summed E-state index contributed by atoms with van der Waals surface area (Å²) in [5.41, 5.74) is 4.30. The second-order valence-corrected chi connectivity index (χ2v) is 10.3. The lowest BCUT2D eigenvalue weighted by molar-refractivity contribution is -0.917. The normalized spacial score (nSPS) is 22.9. The van der Waals surface area contributed by atoms with Gasteiger partial charge >= 0.3 is 0 Å². The molecular formula is C28H28ClFN3O2+. The van der Waals surface area contributed by atoms with E-state index in [1.165, 1.54) is 17.7 Å². The maximum absolute atomic E-state index is 13.5. The number of nitrogens with one attached hydrogen (secondary N) is 1. The molecule has 0 radical (unpaired) electrons. The fourth-order valence-corrected chi connectivity index (χ4v) is 5.54. The van der Waals surface area contributed by atoms with Crippen LogP contribution in [0.1, 0.15) is 44.2 Å². The van der Waals surface area contributed by atoms with Gasteiger partial charge in [-0.05, 0) is 67.1 Å². The van der Waals surface area contributed by atoms with E-state index in [1.54, 1.807) is 36.4 Å². The Balaban J connectivity index is 1.37. The lowest BCUT2D eigenvalue weighted by Crippen LogP contribution is -2.60. The van der Waals surface area contributed by atoms with E-state index in [0.29, 0.717) is 27.3 Å². The van der Waals surface area contributed by atoms with E-state index in [2.05, 4.69) is 25.4 Å². The van der Waals surface area contributed by atoms with Crippen LogP contribution in [0.3, 0.4) is 0 Å². The van der Waals surface area contributed by atoms with Gasteiger partial charge in [0.25, 0.3) is 11.8 Å². The fourth-order valence-electron chi connectivity index (χ4n) is 5.42. The molecule has 3 atom stereocenters. The molecule has 1 saturated heterocycles. The van der Waals surface area contributed by atoms with Gasteiger partial charge < -0.3 is 14.7 Å². The molecule has 0 aliphatic carbocycles. The van der Waals surface area contributed by atoms with Gasteiger partial charge in [0.1, 0.15) is 5.82 Å². The van der Waals surface area contributed by atoms with Crippen molar-refractivity contribution in [1.82, 2.24) is 5.32 Å². The summed E-state index contributed by atoms with van der Waals surface area (Å²) in [7, 11) is 2.15. The van der Waals surface area contributed by atoms with Crippen molar-refractivity contribution < 1.29 is 18.5 Å². The van der Waals surface area contributed by atoms with Crippen LogP contribution >= 0.6 is 11.6 Å². The maximum atomic E-state index is 13.5. The van der Waals surface area contributed by atoms with E-state index in [9.17, 15) is 14.0 Å². The number of likely N-dealkylation sites (tertiary alicyclic amines) is 1. The molecule has 5 rings (SSSR count). The van der Waals surface area contributed by atoms with Gasteiger partial charge in [0.2, 0.25) is 0 Å². The Bertz CT molecular complexity index is 1280. The van der Waals surface area contributed by atoms with Crippen molar-refractivity contribution in [1.29, 1.82) is 0 Å². The molecule has 2 heterocycles. The van der Waals surface area contributed by atoms with Crippen molar-refractivity contribution in [3.63, 3.8) is 0 Å². The quantitative estimate of drug-likeness (QED) is 0.513. The van der Waals surface area contributed by atoms with Gasteiger partial charge in [-0.25, -0.2) is 4.39 Å². The van der Waals surface area contributed by atoms with Gasteiger partial charge in [0.15, 0.2) is 6.67 Å². The van der Waals surface area contributed by atoms with E-state index in [-0.39, 0.29) is 29.6 Å². The van der Waals surface area contributed by atoms with E-state index in [0.717, 1.165) is 30.8 Å². The summed E-state index contributed by atoms with van der Waals surface area (Å²) in [6.45, 7) is 4.18. The Morgan fingerprint density at radius 1 is 1.06 bits per heavy atom. The van der Waals surface area contributed by atoms with Crippen LogP contribution in [0.5, 0.6) is 0 Å². The molecule has 3 aromatic carbocycles.